The highest BCUT2D eigenvalue weighted by Gasteiger charge is 2.25. The van der Waals surface area contributed by atoms with Crippen molar-refractivity contribution in [1.29, 1.82) is 0 Å². The van der Waals surface area contributed by atoms with Gasteiger partial charge in [0.25, 0.3) is 0 Å². The number of nitrogens with zero attached hydrogens (tertiary/aromatic N) is 1. The fourth-order valence-corrected chi connectivity index (χ4v) is 1.68. The van der Waals surface area contributed by atoms with Crippen molar-refractivity contribution in [3.8, 4) is 0 Å². The second-order valence-corrected chi connectivity index (χ2v) is 4.53. The van der Waals surface area contributed by atoms with Gasteiger partial charge in [0.15, 0.2) is 0 Å². The lowest BCUT2D eigenvalue weighted by atomic mass is 10.2. The van der Waals surface area contributed by atoms with E-state index in [0.29, 0.717) is 6.10 Å². The molecule has 1 heterocycles. The Labute approximate surface area is 75.9 Å². The number of rotatable bonds is 2. The van der Waals surface area contributed by atoms with Crippen LogP contribution < -0.4 is 0 Å². The molecule has 1 fully saturated rings. The predicted molar refractivity (Wildman–Crippen MR) is 51.4 cm³/mol. The first-order chi connectivity index (χ1) is 5.51. The maximum absolute atomic E-state index is 5.89. The quantitative estimate of drug-likeness (QED) is 0.629. The molecule has 1 aliphatic heterocycles. The second-order valence-electron chi connectivity index (χ2n) is 4.53. The monoisotopic (exact) mass is 171 g/mol. The molecule has 0 radical (unpaired) electrons. The molecule has 0 bridgehead atoms. The van der Waals surface area contributed by atoms with Gasteiger partial charge in [-0.15, -0.1) is 0 Å². The van der Waals surface area contributed by atoms with Crippen LogP contribution in [0.25, 0.3) is 0 Å². The van der Waals surface area contributed by atoms with Crippen LogP contribution in [0.4, 0.5) is 0 Å². The Balaban J connectivity index is 2.28. The maximum atomic E-state index is 5.89. The summed E-state index contributed by atoms with van der Waals surface area (Å²) in [5, 5.41) is 0. The van der Waals surface area contributed by atoms with Crippen molar-refractivity contribution < 1.29 is 4.74 Å². The maximum Gasteiger partial charge on any atom is 0.0721 e. The number of likely N-dealkylation sites (tertiary alicyclic amines) is 1. The standard InChI is InChI=1S/C10H21NO/c1-5-11-7-6-9(8-11)12-10(2,3)4/h9H,5-8H2,1-4H3. The molecule has 0 aromatic rings. The van der Waals surface area contributed by atoms with Crippen molar-refractivity contribution in [3.05, 3.63) is 0 Å². The third kappa shape index (κ3) is 3.11. The zero-order chi connectivity index (χ0) is 9.19. The van der Waals surface area contributed by atoms with E-state index in [1.165, 1.54) is 13.0 Å². The molecule has 0 saturated carbocycles. The molecule has 0 spiro atoms. The van der Waals surface area contributed by atoms with Crippen LogP contribution in [0.3, 0.4) is 0 Å². The van der Waals surface area contributed by atoms with Gasteiger partial charge in [0.1, 0.15) is 0 Å². The van der Waals surface area contributed by atoms with E-state index in [2.05, 4.69) is 32.6 Å². The van der Waals surface area contributed by atoms with Crippen molar-refractivity contribution in [2.75, 3.05) is 19.6 Å². The fraction of sp³-hybridized carbons (Fsp3) is 1.00. The molecule has 1 saturated heterocycles. The van der Waals surface area contributed by atoms with Gasteiger partial charge in [-0.1, -0.05) is 6.92 Å². The molecule has 0 aromatic heterocycles. The van der Waals surface area contributed by atoms with E-state index in [0.717, 1.165) is 13.1 Å². The van der Waals surface area contributed by atoms with Gasteiger partial charge in [-0.3, -0.25) is 0 Å². The minimum Gasteiger partial charge on any atom is -0.371 e. The van der Waals surface area contributed by atoms with Crippen LogP contribution in [0.2, 0.25) is 0 Å². The largest absolute Gasteiger partial charge is 0.371 e. The zero-order valence-electron chi connectivity index (χ0n) is 8.76. The van der Waals surface area contributed by atoms with Crippen LogP contribution in [0.1, 0.15) is 34.1 Å². The Kier molecular flexibility index (Phi) is 3.13. The summed E-state index contributed by atoms with van der Waals surface area (Å²) in [6, 6.07) is 0. The summed E-state index contributed by atoms with van der Waals surface area (Å²) < 4.78 is 5.89. The second kappa shape index (κ2) is 3.75. The van der Waals surface area contributed by atoms with Gasteiger partial charge in [-0.25, -0.2) is 0 Å². The molecule has 1 unspecified atom stereocenters. The first-order valence-electron chi connectivity index (χ1n) is 4.91. The highest BCUT2D eigenvalue weighted by molar-refractivity contribution is 4.77. The van der Waals surface area contributed by atoms with Crippen molar-refractivity contribution in [3.63, 3.8) is 0 Å². The van der Waals surface area contributed by atoms with Gasteiger partial charge in [-0.05, 0) is 33.7 Å². The van der Waals surface area contributed by atoms with Crippen molar-refractivity contribution in [2.45, 2.75) is 45.8 Å². The third-order valence-electron chi connectivity index (χ3n) is 2.20. The minimum absolute atomic E-state index is 0.0222. The van der Waals surface area contributed by atoms with Crippen LogP contribution in [0.5, 0.6) is 0 Å². The first-order valence-corrected chi connectivity index (χ1v) is 4.91. The van der Waals surface area contributed by atoms with Gasteiger partial charge in [0.05, 0.1) is 11.7 Å². The summed E-state index contributed by atoms with van der Waals surface area (Å²) in [5.74, 6) is 0. The molecule has 0 N–H and O–H groups in total. The molecule has 2 heteroatoms. The van der Waals surface area contributed by atoms with Crippen molar-refractivity contribution >= 4 is 0 Å². The Morgan fingerprint density at radius 3 is 2.50 bits per heavy atom. The third-order valence-corrected chi connectivity index (χ3v) is 2.20. The summed E-state index contributed by atoms with van der Waals surface area (Å²) >= 11 is 0. The Bertz CT molecular complexity index is 139. The van der Waals surface area contributed by atoms with Crippen LogP contribution in [-0.4, -0.2) is 36.2 Å². The van der Waals surface area contributed by atoms with E-state index in [1.807, 2.05) is 0 Å². The highest BCUT2D eigenvalue weighted by atomic mass is 16.5. The Morgan fingerprint density at radius 1 is 1.42 bits per heavy atom. The molecule has 0 aromatic carbocycles. The smallest absolute Gasteiger partial charge is 0.0721 e. The summed E-state index contributed by atoms with van der Waals surface area (Å²) in [7, 11) is 0. The van der Waals surface area contributed by atoms with Crippen LogP contribution in [-0.2, 0) is 4.74 Å². The molecule has 1 aliphatic rings. The summed E-state index contributed by atoms with van der Waals surface area (Å²) in [6.45, 7) is 12.1. The van der Waals surface area contributed by atoms with E-state index in [-0.39, 0.29) is 5.60 Å². The number of hydrogen-bond donors (Lipinski definition) is 0. The Morgan fingerprint density at radius 2 is 2.08 bits per heavy atom. The Hall–Kier alpha value is -0.0800. The van der Waals surface area contributed by atoms with Crippen LogP contribution in [0, 0.1) is 0 Å². The molecular weight excluding hydrogens is 150 g/mol. The molecule has 1 rings (SSSR count). The van der Waals surface area contributed by atoms with Gasteiger partial charge < -0.3 is 9.64 Å². The molecule has 0 amide bonds. The van der Waals surface area contributed by atoms with Crippen LogP contribution in [0.15, 0.2) is 0 Å². The lowest BCUT2D eigenvalue weighted by Gasteiger charge is -2.24. The van der Waals surface area contributed by atoms with E-state index in [1.54, 1.807) is 0 Å². The van der Waals surface area contributed by atoms with Gasteiger partial charge in [0, 0.05) is 13.1 Å². The van der Waals surface area contributed by atoms with Gasteiger partial charge in [0.2, 0.25) is 0 Å². The summed E-state index contributed by atoms with van der Waals surface area (Å²) in [6.07, 6.45) is 1.66. The number of likely N-dealkylation sites (N-methyl/N-ethyl adjacent to an activating group) is 1. The van der Waals surface area contributed by atoms with Gasteiger partial charge >= 0.3 is 0 Å². The van der Waals surface area contributed by atoms with Crippen molar-refractivity contribution in [1.82, 2.24) is 4.90 Å². The lowest BCUT2D eigenvalue weighted by molar-refractivity contribution is -0.0537. The minimum atomic E-state index is 0.0222. The summed E-state index contributed by atoms with van der Waals surface area (Å²) in [4.78, 5) is 2.44. The topological polar surface area (TPSA) is 12.5 Å². The molecule has 2 nitrogen and oxygen atoms in total. The fourth-order valence-electron chi connectivity index (χ4n) is 1.68. The number of hydrogen-bond acceptors (Lipinski definition) is 2. The normalized spacial score (nSPS) is 26.5. The molecule has 1 atom stereocenters. The SMILES string of the molecule is CCN1CCC(OC(C)(C)C)C1. The highest BCUT2D eigenvalue weighted by Crippen LogP contribution is 2.18. The predicted octanol–water partition coefficient (Wildman–Crippen LogP) is 1.90. The number of ether oxygens (including phenoxy) is 1. The molecule has 0 aliphatic carbocycles. The lowest BCUT2D eigenvalue weighted by Crippen LogP contribution is -2.30. The first kappa shape index (κ1) is 10.0. The molecule has 72 valence electrons. The molecule has 12 heavy (non-hydrogen) atoms. The van der Waals surface area contributed by atoms with E-state index in [4.69, 9.17) is 4.74 Å². The average Bonchev–Trinajstić information content (AvgIpc) is 2.32. The van der Waals surface area contributed by atoms with E-state index in [9.17, 15) is 0 Å². The van der Waals surface area contributed by atoms with E-state index < -0.39 is 0 Å². The summed E-state index contributed by atoms with van der Waals surface area (Å²) in [5.41, 5.74) is 0.0222. The van der Waals surface area contributed by atoms with Gasteiger partial charge in [-0.2, -0.15) is 0 Å². The average molecular weight is 171 g/mol. The van der Waals surface area contributed by atoms with E-state index >= 15 is 0 Å². The van der Waals surface area contributed by atoms with Crippen molar-refractivity contribution in [2.24, 2.45) is 0 Å². The van der Waals surface area contributed by atoms with Crippen LogP contribution >= 0.6 is 0 Å². The molecular formula is C10H21NO. The zero-order valence-corrected chi connectivity index (χ0v) is 8.76.